The molecule has 0 amide bonds. The Morgan fingerprint density at radius 3 is 2.50 bits per heavy atom. The van der Waals surface area contributed by atoms with Gasteiger partial charge in [0.05, 0.1) is 16.5 Å². The number of carboxylic acid groups (broad SMARTS) is 1. The Morgan fingerprint density at radius 2 is 1.79 bits per heavy atom. The van der Waals surface area contributed by atoms with Gasteiger partial charge in [0.1, 0.15) is 16.5 Å². The maximum Gasteiger partial charge on any atom is 0.336 e. The van der Waals surface area contributed by atoms with Crippen molar-refractivity contribution in [2.45, 2.75) is 0 Å². The van der Waals surface area contributed by atoms with E-state index in [9.17, 15) is 14.3 Å². The molecule has 0 saturated carbocycles. The molecule has 0 unspecified atom stereocenters. The summed E-state index contributed by atoms with van der Waals surface area (Å²) in [6.07, 6.45) is 0. The second-order valence-electron chi connectivity index (χ2n) is 5.13. The summed E-state index contributed by atoms with van der Waals surface area (Å²) < 4.78 is 18.8. The average molecular weight is 343 g/mol. The van der Waals surface area contributed by atoms with E-state index in [1.807, 2.05) is 0 Å². The number of carboxylic acids is 1. The number of oxazole rings is 1. The minimum absolute atomic E-state index is 0.0163. The summed E-state index contributed by atoms with van der Waals surface area (Å²) in [5.41, 5.74) is 1.74. The number of halogens is 2. The van der Waals surface area contributed by atoms with Crippen molar-refractivity contribution in [2.24, 2.45) is 0 Å². The van der Waals surface area contributed by atoms with Crippen LogP contribution in [0.15, 0.2) is 46.9 Å². The second kappa shape index (κ2) is 5.28. The lowest BCUT2D eigenvalue weighted by atomic mass is 10.1. The van der Waals surface area contributed by atoms with Gasteiger partial charge in [-0.1, -0.05) is 11.6 Å². The van der Waals surface area contributed by atoms with Gasteiger partial charge in [0.15, 0.2) is 5.58 Å². The van der Waals surface area contributed by atoms with Gasteiger partial charge >= 0.3 is 5.97 Å². The van der Waals surface area contributed by atoms with Crippen LogP contribution in [-0.2, 0) is 0 Å². The highest BCUT2D eigenvalue weighted by atomic mass is 35.5. The summed E-state index contributed by atoms with van der Waals surface area (Å²) in [4.78, 5) is 20.0. The highest BCUT2D eigenvalue weighted by Crippen LogP contribution is 2.32. The van der Waals surface area contributed by atoms with Gasteiger partial charge in [0.2, 0.25) is 5.89 Å². The van der Waals surface area contributed by atoms with Gasteiger partial charge in [0.25, 0.3) is 0 Å². The molecule has 0 aliphatic carbocycles. The van der Waals surface area contributed by atoms with E-state index in [0.29, 0.717) is 27.6 Å². The van der Waals surface area contributed by atoms with Crippen LogP contribution in [0.3, 0.4) is 0 Å². The van der Waals surface area contributed by atoms with Gasteiger partial charge in [-0.15, -0.1) is 0 Å². The van der Waals surface area contributed by atoms with Crippen LogP contribution in [0.2, 0.25) is 5.15 Å². The highest BCUT2D eigenvalue weighted by Gasteiger charge is 2.18. The van der Waals surface area contributed by atoms with Crippen molar-refractivity contribution >= 4 is 39.6 Å². The first-order valence-electron chi connectivity index (χ1n) is 6.92. The lowest BCUT2D eigenvalue weighted by Crippen LogP contribution is -1.99. The lowest BCUT2D eigenvalue weighted by molar-refractivity contribution is 0.0699. The molecule has 1 N–H and O–H groups in total. The number of aromatic nitrogens is 2. The number of carbonyl (C=O) groups is 1. The summed E-state index contributed by atoms with van der Waals surface area (Å²) in [5, 5.41) is 9.84. The van der Waals surface area contributed by atoms with Crippen LogP contribution in [0, 0.1) is 5.82 Å². The molecule has 118 valence electrons. The van der Waals surface area contributed by atoms with Crippen molar-refractivity contribution in [3.8, 4) is 11.5 Å². The van der Waals surface area contributed by atoms with Crippen LogP contribution in [0.1, 0.15) is 10.4 Å². The van der Waals surface area contributed by atoms with Gasteiger partial charge in [0, 0.05) is 5.56 Å². The molecule has 4 rings (SSSR count). The summed E-state index contributed by atoms with van der Waals surface area (Å²) in [6.45, 7) is 0. The fourth-order valence-corrected chi connectivity index (χ4v) is 2.76. The van der Waals surface area contributed by atoms with Crippen molar-refractivity contribution in [1.82, 2.24) is 9.97 Å². The smallest absolute Gasteiger partial charge is 0.336 e. The zero-order valence-electron chi connectivity index (χ0n) is 12.0. The monoisotopic (exact) mass is 342 g/mol. The third kappa shape index (κ3) is 2.28. The summed E-state index contributed by atoms with van der Waals surface area (Å²) >= 11 is 5.88. The molecule has 2 heterocycles. The first-order chi connectivity index (χ1) is 11.5. The predicted molar refractivity (Wildman–Crippen MR) is 86.7 cm³/mol. The molecule has 5 nitrogen and oxygen atoms in total. The Hall–Kier alpha value is -2.99. The maximum atomic E-state index is 13.1. The molecule has 0 saturated heterocycles. The molecule has 7 heteroatoms. The first-order valence-corrected chi connectivity index (χ1v) is 7.30. The van der Waals surface area contributed by atoms with E-state index in [0.717, 1.165) is 0 Å². The maximum absolute atomic E-state index is 13.1. The topological polar surface area (TPSA) is 76.2 Å². The third-order valence-corrected chi connectivity index (χ3v) is 3.81. The van der Waals surface area contributed by atoms with E-state index < -0.39 is 5.97 Å². The largest absolute Gasteiger partial charge is 0.478 e. The fraction of sp³-hybridized carbons (Fsp3) is 0. The number of hydrogen-bond acceptors (Lipinski definition) is 4. The van der Waals surface area contributed by atoms with E-state index in [1.54, 1.807) is 12.1 Å². The molecule has 0 fully saturated rings. The van der Waals surface area contributed by atoms with E-state index in [2.05, 4.69) is 9.97 Å². The van der Waals surface area contributed by atoms with Gasteiger partial charge in [-0.2, -0.15) is 0 Å². The van der Waals surface area contributed by atoms with E-state index in [1.165, 1.54) is 30.3 Å². The minimum atomic E-state index is -1.14. The minimum Gasteiger partial charge on any atom is -0.478 e. The van der Waals surface area contributed by atoms with Crippen LogP contribution in [0.5, 0.6) is 0 Å². The zero-order chi connectivity index (χ0) is 16.8. The van der Waals surface area contributed by atoms with E-state index in [4.69, 9.17) is 16.0 Å². The molecule has 2 aromatic heterocycles. The Bertz CT molecular complexity index is 1110. The van der Waals surface area contributed by atoms with Gasteiger partial charge < -0.3 is 9.52 Å². The third-order valence-electron chi connectivity index (χ3n) is 3.62. The Labute approximate surface area is 139 Å². The standard InChI is InChI=1S/C17H8ClFN2O3/c18-13-7-10(17(22)23)14-11(20-13)5-6-12-15(14)24-16(21-12)8-1-3-9(19)4-2-8/h1-7H,(H,22,23). The molecule has 0 aliphatic rings. The number of aromatic carboxylic acids is 1. The highest BCUT2D eigenvalue weighted by molar-refractivity contribution is 6.30. The number of fused-ring (bicyclic) bond motifs is 3. The molecule has 0 spiro atoms. The van der Waals surface area contributed by atoms with E-state index in [-0.39, 0.29) is 22.4 Å². The van der Waals surface area contributed by atoms with Crippen molar-refractivity contribution in [3.05, 3.63) is 59.0 Å². The molecule has 24 heavy (non-hydrogen) atoms. The van der Waals surface area contributed by atoms with Crippen LogP contribution in [-0.4, -0.2) is 21.0 Å². The Morgan fingerprint density at radius 1 is 1.08 bits per heavy atom. The molecule has 0 atom stereocenters. The molecule has 0 aliphatic heterocycles. The van der Waals surface area contributed by atoms with Crippen molar-refractivity contribution in [1.29, 1.82) is 0 Å². The van der Waals surface area contributed by atoms with Gasteiger partial charge in [-0.05, 0) is 42.5 Å². The SMILES string of the molecule is O=C(O)c1cc(Cl)nc2ccc3nc(-c4ccc(F)cc4)oc3c12. The molecule has 2 aromatic carbocycles. The molecule has 4 aromatic rings. The second-order valence-corrected chi connectivity index (χ2v) is 5.52. The van der Waals surface area contributed by atoms with Crippen molar-refractivity contribution in [3.63, 3.8) is 0 Å². The van der Waals surface area contributed by atoms with Crippen LogP contribution >= 0.6 is 11.6 Å². The number of hydrogen-bond donors (Lipinski definition) is 1. The Kier molecular flexibility index (Phi) is 3.21. The average Bonchev–Trinajstić information content (AvgIpc) is 2.98. The normalized spacial score (nSPS) is 11.2. The van der Waals surface area contributed by atoms with Gasteiger partial charge in [-0.25, -0.2) is 19.2 Å². The molecular weight excluding hydrogens is 335 g/mol. The molecule has 0 radical (unpaired) electrons. The lowest BCUT2D eigenvalue weighted by Gasteiger charge is -2.03. The van der Waals surface area contributed by atoms with Crippen molar-refractivity contribution < 1.29 is 18.7 Å². The number of pyridine rings is 1. The fourth-order valence-electron chi connectivity index (χ4n) is 2.56. The first kappa shape index (κ1) is 14.6. The zero-order valence-corrected chi connectivity index (χ0v) is 12.7. The van der Waals surface area contributed by atoms with Crippen molar-refractivity contribution in [2.75, 3.05) is 0 Å². The summed E-state index contributed by atoms with van der Waals surface area (Å²) in [5.74, 6) is -1.24. The number of benzene rings is 2. The summed E-state index contributed by atoms with van der Waals surface area (Å²) in [7, 11) is 0. The van der Waals surface area contributed by atoms with Crippen LogP contribution in [0.25, 0.3) is 33.5 Å². The van der Waals surface area contributed by atoms with Crippen LogP contribution < -0.4 is 0 Å². The molecular formula is C17H8ClFN2O3. The molecule has 0 bridgehead atoms. The quantitative estimate of drug-likeness (QED) is 0.541. The predicted octanol–water partition coefficient (Wildman–Crippen LogP) is 4.53. The number of rotatable bonds is 2. The van der Waals surface area contributed by atoms with E-state index >= 15 is 0 Å². The Balaban J connectivity index is 2.04. The van der Waals surface area contributed by atoms with Crippen LogP contribution in [0.4, 0.5) is 4.39 Å². The number of nitrogens with zero attached hydrogens (tertiary/aromatic N) is 2. The summed E-state index contributed by atoms with van der Waals surface area (Å²) in [6, 6.07) is 10.2. The van der Waals surface area contributed by atoms with Gasteiger partial charge in [-0.3, -0.25) is 0 Å².